The SMILES string of the molecule is COc1cc(O)ccc1-c1cnn(C)c1N. The molecule has 0 saturated carbocycles. The zero-order valence-corrected chi connectivity index (χ0v) is 9.14. The average Bonchev–Trinajstić information content (AvgIpc) is 2.60. The summed E-state index contributed by atoms with van der Waals surface area (Å²) in [6.45, 7) is 0. The van der Waals surface area contributed by atoms with Crippen molar-refractivity contribution >= 4 is 5.82 Å². The number of methoxy groups -OCH3 is 1. The van der Waals surface area contributed by atoms with Gasteiger partial charge in [0, 0.05) is 24.2 Å². The van der Waals surface area contributed by atoms with Gasteiger partial charge in [-0.25, -0.2) is 0 Å². The molecule has 0 amide bonds. The number of phenolic OH excluding ortho intramolecular Hbond substituents is 1. The lowest BCUT2D eigenvalue weighted by atomic mass is 10.1. The molecule has 16 heavy (non-hydrogen) atoms. The predicted octanol–water partition coefficient (Wildman–Crippen LogP) is 1.38. The molecule has 5 heteroatoms. The van der Waals surface area contributed by atoms with Crippen LogP contribution in [0.3, 0.4) is 0 Å². The van der Waals surface area contributed by atoms with Gasteiger partial charge in [-0.05, 0) is 12.1 Å². The summed E-state index contributed by atoms with van der Waals surface area (Å²) in [6.07, 6.45) is 1.67. The number of aromatic hydroxyl groups is 1. The number of aryl methyl sites for hydroxylation is 1. The topological polar surface area (TPSA) is 73.3 Å². The first-order valence-corrected chi connectivity index (χ1v) is 4.78. The van der Waals surface area contributed by atoms with Gasteiger partial charge in [0.2, 0.25) is 0 Å². The Hall–Kier alpha value is -2.17. The number of benzene rings is 1. The highest BCUT2D eigenvalue weighted by Gasteiger charge is 2.12. The molecule has 84 valence electrons. The van der Waals surface area contributed by atoms with Crippen LogP contribution in [0.5, 0.6) is 11.5 Å². The van der Waals surface area contributed by atoms with E-state index in [1.807, 2.05) is 0 Å². The van der Waals surface area contributed by atoms with E-state index in [2.05, 4.69) is 5.10 Å². The van der Waals surface area contributed by atoms with Crippen LogP contribution >= 0.6 is 0 Å². The molecule has 2 rings (SSSR count). The van der Waals surface area contributed by atoms with E-state index < -0.39 is 0 Å². The van der Waals surface area contributed by atoms with E-state index in [9.17, 15) is 5.11 Å². The molecule has 0 aliphatic heterocycles. The highest BCUT2D eigenvalue weighted by molar-refractivity contribution is 5.78. The molecule has 0 bridgehead atoms. The van der Waals surface area contributed by atoms with Gasteiger partial charge < -0.3 is 15.6 Å². The summed E-state index contributed by atoms with van der Waals surface area (Å²) in [5.41, 5.74) is 7.48. The minimum atomic E-state index is 0.156. The summed E-state index contributed by atoms with van der Waals surface area (Å²) < 4.78 is 6.78. The van der Waals surface area contributed by atoms with E-state index in [0.29, 0.717) is 11.6 Å². The van der Waals surface area contributed by atoms with Crippen molar-refractivity contribution < 1.29 is 9.84 Å². The van der Waals surface area contributed by atoms with Crippen LogP contribution in [0.25, 0.3) is 11.1 Å². The number of nitrogens with zero attached hydrogens (tertiary/aromatic N) is 2. The molecule has 0 unspecified atom stereocenters. The molecule has 1 heterocycles. The lowest BCUT2D eigenvalue weighted by Crippen LogP contribution is -1.98. The van der Waals surface area contributed by atoms with Gasteiger partial charge in [0.25, 0.3) is 0 Å². The summed E-state index contributed by atoms with van der Waals surface area (Å²) in [5.74, 6) is 1.28. The monoisotopic (exact) mass is 219 g/mol. The van der Waals surface area contributed by atoms with Crippen LogP contribution in [0.4, 0.5) is 5.82 Å². The Labute approximate surface area is 93.1 Å². The molecule has 0 spiro atoms. The van der Waals surface area contributed by atoms with Crippen LogP contribution in [-0.2, 0) is 7.05 Å². The smallest absolute Gasteiger partial charge is 0.130 e. The Morgan fingerprint density at radius 3 is 2.69 bits per heavy atom. The van der Waals surface area contributed by atoms with Gasteiger partial charge in [-0.2, -0.15) is 5.10 Å². The number of aromatic nitrogens is 2. The van der Waals surface area contributed by atoms with E-state index in [1.54, 1.807) is 43.2 Å². The maximum Gasteiger partial charge on any atom is 0.130 e. The number of nitrogens with two attached hydrogens (primary N) is 1. The van der Waals surface area contributed by atoms with Crippen molar-refractivity contribution in [1.82, 2.24) is 9.78 Å². The van der Waals surface area contributed by atoms with Crippen molar-refractivity contribution in [2.75, 3.05) is 12.8 Å². The van der Waals surface area contributed by atoms with E-state index in [0.717, 1.165) is 11.1 Å². The highest BCUT2D eigenvalue weighted by Crippen LogP contribution is 2.35. The summed E-state index contributed by atoms with van der Waals surface area (Å²) >= 11 is 0. The molecule has 0 radical (unpaired) electrons. The first-order chi connectivity index (χ1) is 7.63. The number of ether oxygens (including phenoxy) is 1. The fourth-order valence-corrected chi connectivity index (χ4v) is 1.56. The Kier molecular flexibility index (Phi) is 2.44. The molecule has 0 saturated heterocycles. The normalized spacial score (nSPS) is 10.4. The molecule has 5 nitrogen and oxygen atoms in total. The quantitative estimate of drug-likeness (QED) is 0.800. The second kappa shape index (κ2) is 3.77. The van der Waals surface area contributed by atoms with Gasteiger partial charge in [0.1, 0.15) is 17.3 Å². The average molecular weight is 219 g/mol. The lowest BCUT2D eigenvalue weighted by molar-refractivity contribution is 0.409. The Bertz CT molecular complexity index is 520. The Morgan fingerprint density at radius 1 is 1.38 bits per heavy atom. The highest BCUT2D eigenvalue weighted by atomic mass is 16.5. The van der Waals surface area contributed by atoms with Crippen molar-refractivity contribution in [3.8, 4) is 22.6 Å². The van der Waals surface area contributed by atoms with Gasteiger partial charge in [0.05, 0.1) is 13.3 Å². The standard InChI is InChI=1S/C11H13N3O2/c1-14-11(12)9(6-13-14)8-4-3-7(15)5-10(8)16-2/h3-6,15H,12H2,1-2H3. The Balaban J connectivity index is 2.59. The van der Waals surface area contributed by atoms with Crippen molar-refractivity contribution in [2.24, 2.45) is 7.05 Å². The molecule has 3 N–H and O–H groups in total. The zero-order chi connectivity index (χ0) is 11.7. The van der Waals surface area contributed by atoms with Gasteiger partial charge in [0.15, 0.2) is 0 Å². The molecule has 0 fully saturated rings. The molecular weight excluding hydrogens is 206 g/mol. The third-order valence-electron chi connectivity index (χ3n) is 2.46. The fourth-order valence-electron chi connectivity index (χ4n) is 1.56. The van der Waals surface area contributed by atoms with E-state index in [4.69, 9.17) is 10.5 Å². The lowest BCUT2D eigenvalue weighted by Gasteiger charge is -2.08. The van der Waals surface area contributed by atoms with Crippen LogP contribution in [0, 0.1) is 0 Å². The van der Waals surface area contributed by atoms with E-state index >= 15 is 0 Å². The molecule has 0 aliphatic rings. The first kappa shape index (κ1) is 10.4. The second-order valence-corrected chi connectivity index (χ2v) is 3.45. The second-order valence-electron chi connectivity index (χ2n) is 3.45. The van der Waals surface area contributed by atoms with Crippen LogP contribution in [0.15, 0.2) is 24.4 Å². The summed E-state index contributed by atoms with van der Waals surface area (Å²) in [4.78, 5) is 0. The van der Waals surface area contributed by atoms with Gasteiger partial charge in [-0.1, -0.05) is 0 Å². The van der Waals surface area contributed by atoms with Gasteiger partial charge >= 0.3 is 0 Å². The number of nitrogen functional groups attached to an aromatic ring is 1. The summed E-state index contributed by atoms with van der Waals surface area (Å²) in [7, 11) is 3.32. The minimum absolute atomic E-state index is 0.156. The van der Waals surface area contributed by atoms with Crippen LogP contribution < -0.4 is 10.5 Å². The molecule has 1 aromatic carbocycles. The summed E-state index contributed by atoms with van der Waals surface area (Å²) in [6, 6.07) is 4.88. The van der Waals surface area contributed by atoms with Crippen LogP contribution in [0.1, 0.15) is 0 Å². The summed E-state index contributed by atoms with van der Waals surface area (Å²) in [5, 5.41) is 13.4. The molecule has 0 atom stereocenters. The fraction of sp³-hybridized carbons (Fsp3) is 0.182. The van der Waals surface area contributed by atoms with Crippen LogP contribution in [0.2, 0.25) is 0 Å². The van der Waals surface area contributed by atoms with Gasteiger partial charge in [-0.3, -0.25) is 4.68 Å². The zero-order valence-electron chi connectivity index (χ0n) is 9.14. The molecular formula is C11H13N3O2. The number of phenols is 1. The van der Waals surface area contributed by atoms with Crippen LogP contribution in [-0.4, -0.2) is 22.0 Å². The molecule has 0 aliphatic carbocycles. The largest absolute Gasteiger partial charge is 0.508 e. The molecule has 2 aromatic rings. The Morgan fingerprint density at radius 2 is 2.12 bits per heavy atom. The number of anilines is 1. The van der Waals surface area contributed by atoms with E-state index in [-0.39, 0.29) is 5.75 Å². The predicted molar refractivity (Wildman–Crippen MR) is 61.3 cm³/mol. The van der Waals surface area contributed by atoms with E-state index in [1.165, 1.54) is 0 Å². The van der Waals surface area contributed by atoms with Crippen molar-refractivity contribution in [2.45, 2.75) is 0 Å². The number of hydrogen-bond acceptors (Lipinski definition) is 4. The third-order valence-corrected chi connectivity index (χ3v) is 2.46. The van der Waals surface area contributed by atoms with Gasteiger partial charge in [-0.15, -0.1) is 0 Å². The van der Waals surface area contributed by atoms with Crippen molar-refractivity contribution in [1.29, 1.82) is 0 Å². The maximum absolute atomic E-state index is 9.36. The van der Waals surface area contributed by atoms with Crippen molar-refractivity contribution in [3.05, 3.63) is 24.4 Å². The number of hydrogen-bond donors (Lipinski definition) is 2. The first-order valence-electron chi connectivity index (χ1n) is 4.78. The van der Waals surface area contributed by atoms with Crippen molar-refractivity contribution in [3.63, 3.8) is 0 Å². The maximum atomic E-state index is 9.36. The minimum Gasteiger partial charge on any atom is -0.508 e. The molecule has 1 aromatic heterocycles. The third kappa shape index (κ3) is 1.56. The number of rotatable bonds is 2.